The smallest absolute Gasteiger partial charge is 0.237 e. The minimum atomic E-state index is -0.622. The Balaban J connectivity index is 2.39. The second-order valence-corrected chi connectivity index (χ2v) is 5.72. The zero-order valence-corrected chi connectivity index (χ0v) is 12.6. The quantitative estimate of drug-likeness (QED) is 0.429. The second kappa shape index (κ2) is 7.45. The Bertz CT molecular complexity index is 427. The second-order valence-electron chi connectivity index (χ2n) is 4.66. The fourth-order valence-electron chi connectivity index (χ4n) is 1.77. The number of aromatic nitrogens is 2. The monoisotopic (exact) mass is 282 g/mol. The summed E-state index contributed by atoms with van der Waals surface area (Å²) in [4.78, 5) is 20.0. The van der Waals surface area contributed by atoms with Crippen LogP contribution in [0.2, 0.25) is 0 Å². The van der Waals surface area contributed by atoms with E-state index in [2.05, 4.69) is 15.3 Å². The minimum Gasteiger partial charge on any atom is -0.368 e. The predicted molar refractivity (Wildman–Crippen MR) is 78.0 cm³/mol. The van der Waals surface area contributed by atoms with Crippen LogP contribution >= 0.6 is 11.8 Å². The molecule has 0 bridgehead atoms. The average Bonchev–Trinajstić information content (AvgIpc) is 2.35. The molecule has 0 spiro atoms. The Kier molecular flexibility index (Phi) is 6.24. The van der Waals surface area contributed by atoms with E-state index in [1.807, 2.05) is 26.8 Å². The van der Waals surface area contributed by atoms with Crippen LogP contribution in [0.1, 0.15) is 32.4 Å². The van der Waals surface area contributed by atoms with E-state index in [0.717, 1.165) is 36.0 Å². The lowest BCUT2D eigenvalue weighted by molar-refractivity contribution is -0.124. The number of thioether (sulfide) groups is 1. The van der Waals surface area contributed by atoms with Crippen molar-refractivity contribution in [3.8, 4) is 0 Å². The van der Waals surface area contributed by atoms with Gasteiger partial charge in [-0.3, -0.25) is 4.79 Å². The van der Waals surface area contributed by atoms with Gasteiger partial charge in [-0.05, 0) is 39.3 Å². The largest absolute Gasteiger partial charge is 0.368 e. The Morgan fingerprint density at radius 1 is 1.58 bits per heavy atom. The number of hydrogen-bond donors (Lipinski definition) is 2. The van der Waals surface area contributed by atoms with E-state index in [9.17, 15) is 4.79 Å². The molecule has 1 unspecified atom stereocenters. The Morgan fingerprint density at radius 2 is 2.32 bits per heavy atom. The third kappa shape index (κ3) is 5.16. The molecule has 1 heterocycles. The molecule has 0 aromatic carbocycles. The van der Waals surface area contributed by atoms with Crippen LogP contribution in [0.25, 0.3) is 0 Å². The number of likely N-dealkylation sites (N-methyl/N-ethyl adjacent to an activating group) is 1. The zero-order valence-electron chi connectivity index (χ0n) is 11.8. The maximum absolute atomic E-state index is 11.4. The molecular formula is C13H22N4OS. The van der Waals surface area contributed by atoms with E-state index in [1.54, 1.807) is 18.0 Å². The molecule has 3 N–H and O–H groups in total. The van der Waals surface area contributed by atoms with Crippen LogP contribution in [0.5, 0.6) is 0 Å². The van der Waals surface area contributed by atoms with Crippen molar-refractivity contribution in [2.24, 2.45) is 5.73 Å². The number of nitrogens with two attached hydrogens (primary N) is 1. The number of rotatable bonds is 8. The van der Waals surface area contributed by atoms with Crippen molar-refractivity contribution in [1.29, 1.82) is 0 Å². The first-order valence-electron chi connectivity index (χ1n) is 6.45. The molecule has 0 saturated heterocycles. The summed E-state index contributed by atoms with van der Waals surface area (Å²) in [5, 5.41) is 3.93. The molecule has 0 aliphatic rings. The minimum absolute atomic E-state index is 0.300. The fourth-order valence-corrected chi connectivity index (χ4v) is 2.59. The third-order valence-electron chi connectivity index (χ3n) is 2.94. The van der Waals surface area contributed by atoms with Crippen LogP contribution in [-0.2, 0) is 4.79 Å². The first-order valence-corrected chi connectivity index (χ1v) is 7.44. The van der Waals surface area contributed by atoms with E-state index in [1.165, 1.54) is 0 Å². The number of aryl methyl sites for hydroxylation is 1. The van der Waals surface area contributed by atoms with Gasteiger partial charge in [0.25, 0.3) is 0 Å². The summed E-state index contributed by atoms with van der Waals surface area (Å²) < 4.78 is 0. The molecule has 1 rings (SSSR count). The summed E-state index contributed by atoms with van der Waals surface area (Å²) in [6.07, 6.45) is 3.36. The summed E-state index contributed by atoms with van der Waals surface area (Å²) in [5.74, 6) is 0.573. The number of hydrogen-bond acceptors (Lipinski definition) is 5. The summed E-state index contributed by atoms with van der Waals surface area (Å²) >= 11 is 1.60. The standard InChI is InChI=1S/C13H22N4OS/c1-4-16-13(3,11(14)18)7-5-9-19-12-15-8-6-10(2)17-12/h6,8,16H,4-5,7,9H2,1-3H3,(H2,14,18). The highest BCUT2D eigenvalue weighted by Crippen LogP contribution is 2.18. The van der Waals surface area contributed by atoms with E-state index >= 15 is 0 Å². The molecule has 0 fully saturated rings. The van der Waals surface area contributed by atoms with E-state index in [-0.39, 0.29) is 5.91 Å². The van der Waals surface area contributed by atoms with Crippen molar-refractivity contribution in [1.82, 2.24) is 15.3 Å². The molecule has 106 valence electrons. The Hall–Kier alpha value is -1.14. The molecule has 1 aromatic rings. The normalized spacial score (nSPS) is 14.1. The van der Waals surface area contributed by atoms with Crippen LogP contribution in [0.3, 0.4) is 0 Å². The van der Waals surface area contributed by atoms with Crippen molar-refractivity contribution in [2.75, 3.05) is 12.3 Å². The van der Waals surface area contributed by atoms with Gasteiger partial charge in [-0.1, -0.05) is 18.7 Å². The lowest BCUT2D eigenvalue weighted by atomic mass is 9.95. The lowest BCUT2D eigenvalue weighted by Crippen LogP contribution is -2.53. The van der Waals surface area contributed by atoms with E-state index in [4.69, 9.17) is 5.73 Å². The first kappa shape index (κ1) is 15.9. The predicted octanol–water partition coefficient (Wildman–Crippen LogP) is 1.51. The number of amides is 1. The number of carbonyl (C=O) groups is 1. The average molecular weight is 282 g/mol. The molecule has 19 heavy (non-hydrogen) atoms. The van der Waals surface area contributed by atoms with Crippen molar-refractivity contribution in [2.45, 2.75) is 44.3 Å². The molecule has 6 heteroatoms. The Labute approximate surface area is 118 Å². The van der Waals surface area contributed by atoms with Crippen molar-refractivity contribution >= 4 is 17.7 Å². The highest BCUT2D eigenvalue weighted by Gasteiger charge is 2.28. The summed E-state index contributed by atoms with van der Waals surface area (Å²) in [6.45, 7) is 6.50. The molecule has 0 aliphatic carbocycles. The van der Waals surface area contributed by atoms with E-state index < -0.39 is 5.54 Å². The van der Waals surface area contributed by atoms with Crippen molar-refractivity contribution in [3.05, 3.63) is 18.0 Å². The van der Waals surface area contributed by atoms with Crippen LogP contribution in [-0.4, -0.2) is 33.7 Å². The zero-order chi connectivity index (χ0) is 14.3. The third-order valence-corrected chi connectivity index (χ3v) is 3.88. The number of carbonyl (C=O) groups excluding carboxylic acids is 1. The molecule has 1 aromatic heterocycles. The summed E-state index contributed by atoms with van der Waals surface area (Å²) in [7, 11) is 0. The maximum Gasteiger partial charge on any atom is 0.237 e. The van der Waals surface area contributed by atoms with Gasteiger partial charge in [0, 0.05) is 17.6 Å². The van der Waals surface area contributed by atoms with Gasteiger partial charge in [-0.2, -0.15) is 0 Å². The number of primary amides is 1. The molecule has 1 atom stereocenters. The maximum atomic E-state index is 11.4. The van der Waals surface area contributed by atoms with Crippen molar-refractivity contribution in [3.63, 3.8) is 0 Å². The van der Waals surface area contributed by atoms with Gasteiger partial charge in [0.05, 0.1) is 5.54 Å². The highest BCUT2D eigenvalue weighted by atomic mass is 32.2. The molecule has 0 saturated carbocycles. The van der Waals surface area contributed by atoms with Gasteiger partial charge in [0.1, 0.15) is 0 Å². The van der Waals surface area contributed by atoms with E-state index in [0.29, 0.717) is 0 Å². The van der Waals surface area contributed by atoms with Gasteiger partial charge in [0.2, 0.25) is 5.91 Å². The molecule has 5 nitrogen and oxygen atoms in total. The lowest BCUT2D eigenvalue weighted by Gasteiger charge is -2.26. The van der Waals surface area contributed by atoms with Gasteiger partial charge in [-0.25, -0.2) is 9.97 Å². The van der Waals surface area contributed by atoms with Gasteiger partial charge in [-0.15, -0.1) is 0 Å². The van der Waals surface area contributed by atoms with Gasteiger partial charge < -0.3 is 11.1 Å². The summed E-state index contributed by atoms with van der Waals surface area (Å²) in [6, 6.07) is 1.87. The molecular weight excluding hydrogens is 260 g/mol. The van der Waals surface area contributed by atoms with Crippen LogP contribution < -0.4 is 11.1 Å². The highest BCUT2D eigenvalue weighted by molar-refractivity contribution is 7.99. The summed E-state index contributed by atoms with van der Waals surface area (Å²) in [5.41, 5.74) is 5.78. The fraction of sp³-hybridized carbons (Fsp3) is 0.615. The number of nitrogens with zero attached hydrogens (tertiary/aromatic N) is 2. The Morgan fingerprint density at radius 3 is 2.89 bits per heavy atom. The van der Waals surface area contributed by atoms with Crippen LogP contribution in [0, 0.1) is 6.92 Å². The van der Waals surface area contributed by atoms with Crippen LogP contribution in [0.15, 0.2) is 17.4 Å². The molecule has 0 aliphatic heterocycles. The SMILES string of the molecule is CCNC(C)(CCCSc1nccc(C)n1)C(N)=O. The van der Waals surface area contributed by atoms with Crippen LogP contribution in [0.4, 0.5) is 0 Å². The molecule has 1 amide bonds. The molecule has 0 radical (unpaired) electrons. The van der Waals surface area contributed by atoms with Gasteiger partial charge >= 0.3 is 0 Å². The number of nitrogens with one attached hydrogen (secondary N) is 1. The van der Waals surface area contributed by atoms with Gasteiger partial charge in [0.15, 0.2) is 5.16 Å². The topological polar surface area (TPSA) is 80.9 Å². The first-order chi connectivity index (χ1) is 8.98. The van der Waals surface area contributed by atoms with Crippen molar-refractivity contribution < 1.29 is 4.79 Å².